The van der Waals surface area contributed by atoms with Gasteiger partial charge in [0.15, 0.2) is 0 Å². The zero-order chi connectivity index (χ0) is 14.0. The average Bonchev–Trinajstić information content (AvgIpc) is 2.38. The minimum atomic E-state index is -0.695. The van der Waals surface area contributed by atoms with Gasteiger partial charge < -0.3 is 15.7 Å². The molecule has 0 saturated carbocycles. The number of halogens is 1. The molecule has 4 nitrogen and oxygen atoms in total. The lowest BCUT2D eigenvalue weighted by atomic mass is 9.96. The number of likely N-dealkylation sites (tertiary alicyclic amines) is 1. The minimum absolute atomic E-state index is 0.00894. The van der Waals surface area contributed by atoms with Crippen LogP contribution in [-0.2, 0) is 0 Å². The molecular weight excluding hydrogens is 247 g/mol. The summed E-state index contributed by atoms with van der Waals surface area (Å²) in [6.07, 6.45) is 2.80. The van der Waals surface area contributed by atoms with E-state index < -0.39 is 5.82 Å². The number of benzene rings is 1. The Bertz CT molecular complexity index is 477. The van der Waals surface area contributed by atoms with E-state index in [4.69, 9.17) is 5.73 Å². The number of nitrogens with two attached hydrogens (primary N) is 1. The van der Waals surface area contributed by atoms with E-state index in [1.54, 1.807) is 4.90 Å². The summed E-state index contributed by atoms with van der Waals surface area (Å²) in [4.78, 5) is 14.1. The average molecular weight is 266 g/mol. The molecule has 2 unspecified atom stereocenters. The number of carbonyl (C=O) groups is 1. The van der Waals surface area contributed by atoms with E-state index in [0.717, 1.165) is 25.3 Å². The number of phenols is 1. The second-order valence-electron chi connectivity index (χ2n) is 5.08. The number of carbonyl (C=O) groups excluding carboxylic acids is 1. The molecule has 0 spiro atoms. The van der Waals surface area contributed by atoms with Crippen molar-refractivity contribution in [2.75, 3.05) is 6.54 Å². The Hall–Kier alpha value is -1.62. The van der Waals surface area contributed by atoms with Gasteiger partial charge in [-0.15, -0.1) is 0 Å². The maximum Gasteiger partial charge on any atom is 0.257 e. The van der Waals surface area contributed by atoms with E-state index in [2.05, 4.69) is 0 Å². The summed E-state index contributed by atoms with van der Waals surface area (Å²) in [5, 5.41) is 9.18. The molecule has 1 saturated heterocycles. The van der Waals surface area contributed by atoms with E-state index in [0.29, 0.717) is 6.54 Å². The molecular formula is C14H19FN2O2. The summed E-state index contributed by atoms with van der Waals surface area (Å²) in [5.74, 6) is -1.23. The van der Waals surface area contributed by atoms with E-state index in [-0.39, 0.29) is 29.3 Å². The Morgan fingerprint density at radius 3 is 2.89 bits per heavy atom. The van der Waals surface area contributed by atoms with Gasteiger partial charge in [0.05, 0.1) is 5.56 Å². The monoisotopic (exact) mass is 266 g/mol. The standard InChI is InChI=1S/C14H19FN2O2/c1-9(16)13-4-2-3-7-17(13)14(19)11-6-5-10(18)8-12(11)15/h5-6,8-9,13,18H,2-4,7,16H2,1H3. The first kappa shape index (κ1) is 13.8. The third kappa shape index (κ3) is 2.87. The van der Waals surface area contributed by atoms with Crippen molar-refractivity contribution in [3.8, 4) is 5.75 Å². The molecule has 1 aliphatic heterocycles. The molecule has 2 atom stereocenters. The number of aromatic hydroxyl groups is 1. The molecule has 0 bridgehead atoms. The van der Waals surface area contributed by atoms with Crippen LogP contribution in [0.1, 0.15) is 36.5 Å². The van der Waals surface area contributed by atoms with E-state index in [9.17, 15) is 14.3 Å². The molecule has 2 rings (SSSR count). The Morgan fingerprint density at radius 1 is 1.53 bits per heavy atom. The molecule has 104 valence electrons. The molecule has 0 aromatic heterocycles. The Morgan fingerprint density at radius 2 is 2.26 bits per heavy atom. The van der Waals surface area contributed by atoms with Crippen LogP contribution < -0.4 is 5.73 Å². The maximum atomic E-state index is 13.7. The van der Waals surface area contributed by atoms with E-state index in [1.165, 1.54) is 12.1 Å². The summed E-state index contributed by atoms with van der Waals surface area (Å²) in [5.41, 5.74) is 5.90. The summed E-state index contributed by atoms with van der Waals surface area (Å²) in [6, 6.07) is 3.41. The molecule has 19 heavy (non-hydrogen) atoms. The molecule has 1 aromatic rings. The normalized spacial score (nSPS) is 21.2. The van der Waals surface area contributed by atoms with Crippen LogP contribution in [-0.4, -0.2) is 34.5 Å². The predicted octanol–water partition coefficient (Wildman–Crippen LogP) is 1.87. The Kier molecular flexibility index (Phi) is 4.04. The highest BCUT2D eigenvalue weighted by Crippen LogP contribution is 2.23. The van der Waals surface area contributed by atoms with Crippen molar-refractivity contribution in [3.05, 3.63) is 29.6 Å². The largest absolute Gasteiger partial charge is 0.508 e. The van der Waals surface area contributed by atoms with Crippen LogP contribution in [0.5, 0.6) is 5.75 Å². The summed E-state index contributed by atoms with van der Waals surface area (Å²) in [6.45, 7) is 2.47. The van der Waals surface area contributed by atoms with Gasteiger partial charge in [0, 0.05) is 24.7 Å². The molecule has 0 radical (unpaired) electrons. The lowest BCUT2D eigenvalue weighted by Crippen LogP contribution is -2.51. The van der Waals surface area contributed by atoms with Crippen molar-refractivity contribution in [2.45, 2.75) is 38.3 Å². The highest BCUT2D eigenvalue weighted by atomic mass is 19.1. The highest BCUT2D eigenvalue weighted by molar-refractivity contribution is 5.95. The number of hydrogen-bond donors (Lipinski definition) is 2. The van der Waals surface area contributed by atoms with Gasteiger partial charge in [-0.1, -0.05) is 0 Å². The second kappa shape index (κ2) is 5.57. The van der Waals surface area contributed by atoms with Gasteiger partial charge in [-0.25, -0.2) is 4.39 Å². The Balaban J connectivity index is 2.26. The molecule has 0 aliphatic carbocycles. The topological polar surface area (TPSA) is 66.6 Å². The van der Waals surface area contributed by atoms with Gasteiger partial charge in [0.2, 0.25) is 0 Å². The van der Waals surface area contributed by atoms with E-state index in [1.807, 2.05) is 6.92 Å². The van der Waals surface area contributed by atoms with Crippen molar-refractivity contribution in [1.29, 1.82) is 0 Å². The molecule has 1 fully saturated rings. The third-order valence-electron chi connectivity index (χ3n) is 3.60. The Labute approximate surface area is 112 Å². The molecule has 5 heteroatoms. The minimum Gasteiger partial charge on any atom is -0.508 e. The quantitative estimate of drug-likeness (QED) is 0.858. The van der Waals surface area contributed by atoms with Crippen LogP contribution in [0.2, 0.25) is 0 Å². The van der Waals surface area contributed by atoms with Gasteiger partial charge in [-0.05, 0) is 38.3 Å². The van der Waals surface area contributed by atoms with Crippen LogP contribution in [0.25, 0.3) is 0 Å². The number of phenolic OH excluding ortho intramolecular Hbond substituents is 1. The van der Waals surface area contributed by atoms with Crippen molar-refractivity contribution >= 4 is 5.91 Å². The smallest absolute Gasteiger partial charge is 0.257 e. The fourth-order valence-corrected chi connectivity index (χ4v) is 2.59. The van der Waals surface area contributed by atoms with Crippen molar-refractivity contribution in [1.82, 2.24) is 4.90 Å². The fraction of sp³-hybridized carbons (Fsp3) is 0.500. The van der Waals surface area contributed by atoms with Crippen LogP contribution in [0.4, 0.5) is 4.39 Å². The first-order valence-corrected chi connectivity index (χ1v) is 6.56. The molecule has 1 aromatic carbocycles. The van der Waals surface area contributed by atoms with Gasteiger partial charge in [0.25, 0.3) is 5.91 Å². The summed E-state index contributed by atoms with van der Waals surface area (Å²) < 4.78 is 13.7. The van der Waals surface area contributed by atoms with Crippen molar-refractivity contribution < 1.29 is 14.3 Å². The zero-order valence-electron chi connectivity index (χ0n) is 11.0. The number of piperidine rings is 1. The van der Waals surface area contributed by atoms with Gasteiger partial charge in [0.1, 0.15) is 11.6 Å². The van der Waals surface area contributed by atoms with Gasteiger partial charge >= 0.3 is 0 Å². The molecule has 1 amide bonds. The fourth-order valence-electron chi connectivity index (χ4n) is 2.59. The van der Waals surface area contributed by atoms with Crippen LogP contribution >= 0.6 is 0 Å². The lowest BCUT2D eigenvalue weighted by Gasteiger charge is -2.38. The molecule has 3 N–H and O–H groups in total. The maximum absolute atomic E-state index is 13.7. The van der Waals surface area contributed by atoms with Crippen LogP contribution in [0, 0.1) is 5.82 Å². The van der Waals surface area contributed by atoms with Crippen molar-refractivity contribution in [2.24, 2.45) is 5.73 Å². The van der Waals surface area contributed by atoms with E-state index >= 15 is 0 Å². The summed E-state index contributed by atoms with van der Waals surface area (Å²) >= 11 is 0. The van der Waals surface area contributed by atoms with Crippen LogP contribution in [0.15, 0.2) is 18.2 Å². The van der Waals surface area contributed by atoms with Gasteiger partial charge in [-0.2, -0.15) is 0 Å². The molecule has 1 aliphatic rings. The second-order valence-corrected chi connectivity index (χ2v) is 5.08. The lowest BCUT2D eigenvalue weighted by molar-refractivity contribution is 0.0579. The molecule has 1 heterocycles. The first-order chi connectivity index (χ1) is 9.00. The highest BCUT2D eigenvalue weighted by Gasteiger charge is 2.30. The number of rotatable bonds is 2. The zero-order valence-corrected chi connectivity index (χ0v) is 11.0. The number of amides is 1. The van der Waals surface area contributed by atoms with Gasteiger partial charge in [-0.3, -0.25) is 4.79 Å². The summed E-state index contributed by atoms with van der Waals surface area (Å²) in [7, 11) is 0. The van der Waals surface area contributed by atoms with Crippen LogP contribution in [0.3, 0.4) is 0 Å². The SMILES string of the molecule is CC(N)C1CCCCN1C(=O)c1ccc(O)cc1F. The first-order valence-electron chi connectivity index (χ1n) is 6.56. The number of hydrogen-bond acceptors (Lipinski definition) is 3. The number of nitrogens with zero attached hydrogens (tertiary/aromatic N) is 1. The van der Waals surface area contributed by atoms with Crippen molar-refractivity contribution in [3.63, 3.8) is 0 Å². The third-order valence-corrected chi connectivity index (χ3v) is 3.60. The predicted molar refractivity (Wildman–Crippen MR) is 70.4 cm³/mol.